The molecule has 0 radical (unpaired) electrons. The van der Waals surface area contributed by atoms with Crippen molar-refractivity contribution in [3.8, 4) is 0 Å². The zero-order valence-electron chi connectivity index (χ0n) is 38.4. The molecule has 5 aliphatic carbocycles. The van der Waals surface area contributed by atoms with Gasteiger partial charge in [-0.15, -0.1) is 0 Å². The van der Waals surface area contributed by atoms with E-state index in [1.807, 2.05) is 24.3 Å². The summed E-state index contributed by atoms with van der Waals surface area (Å²) in [5.74, 6) is 1.49. The highest BCUT2D eigenvalue weighted by atomic mass is 35.5. The Balaban J connectivity index is 0.973. The van der Waals surface area contributed by atoms with Crippen molar-refractivity contribution >= 4 is 76.2 Å². The fraction of sp³-hybridized carbons (Fsp3) is 0.604. The predicted molar refractivity (Wildman–Crippen MR) is 260 cm³/mol. The number of rotatable bonds is 8. The van der Waals surface area contributed by atoms with Crippen LogP contribution in [0.3, 0.4) is 0 Å². The standard InChI is InChI=1S/C53H67Cl4N3O3/c1-48(2)24-26-53(47(63)60-30-28-59(29-31-60)33-36(61)16-14-34-10-8-12-39(54)45(34)56)27-25-51(6)37(38(53)32-48)17-18-42-50(5)22-21-43(49(3,4)41(50)20-23-52(42,51)7)58-44(62)19-15-35-11-9-13-40(55)46(35)57/h8-17,19,38,41-43H,18,20-33H2,1-7H3,(H,58,62)/b16-14+,19-15+/t38-,41-,42+,43?,50-,51+,52+,53-/m0/s1. The number of amides is 2. The van der Waals surface area contributed by atoms with Crippen LogP contribution in [0.2, 0.25) is 20.1 Å². The lowest BCUT2D eigenvalue weighted by Crippen LogP contribution is -2.67. The van der Waals surface area contributed by atoms with Crippen LogP contribution in [-0.2, 0) is 14.4 Å². The lowest BCUT2D eigenvalue weighted by atomic mass is 9.33. The summed E-state index contributed by atoms with van der Waals surface area (Å²) in [5.41, 5.74) is 2.98. The van der Waals surface area contributed by atoms with Crippen LogP contribution in [0.25, 0.3) is 12.2 Å². The second-order valence-corrected chi connectivity index (χ2v) is 23.9. The first kappa shape index (κ1) is 46.9. The first-order valence-electron chi connectivity index (χ1n) is 23.5. The lowest BCUT2D eigenvalue weighted by molar-refractivity contribution is -0.190. The van der Waals surface area contributed by atoms with Crippen molar-refractivity contribution in [2.24, 2.45) is 50.2 Å². The molecule has 63 heavy (non-hydrogen) atoms. The third kappa shape index (κ3) is 8.21. The first-order valence-corrected chi connectivity index (χ1v) is 25.0. The summed E-state index contributed by atoms with van der Waals surface area (Å²) < 4.78 is 0. The quantitative estimate of drug-likeness (QED) is 0.211. The first-order chi connectivity index (χ1) is 29.6. The monoisotopic (exact) mass is 933 g/mol. The molecule has 8 atom stereocenters. The number of benzene rings is 2. The van der Waals surface area contributed by atoms with E-state index in [0.717, 1.165) is 75.3 Å². The SMILES string of the molecule is CC1(C)CC[C@]2(C(=O)N3CCN(CC(=O)/C=C/c4cccc(Cl)c4Cl)CC3)CC[C@]3(C)C(=CC[C@@H]4[C@@]5(C)CCC(NC(=O)/C=C/c6cccc(Cl)c6Cl)C(C)(C)[C@@H]5CC[C@]43C)[C@@H]2C1. The number of nitrogens with zero attached hydrogens (tertiary/aromatic N) is 2. The van der Waals surface area contributed by atoms with Gasteiger partial charge in [-0.3, -0.25) is 19.3 Å². The summed E-state index contributed by atoms with van der Waals surface area (Å²) in [6.07, 6.45) is 19.7. The van der Waals surface area contributed by atoms with Gasteiger partial charge in [-0.1, -0.05) is 131 Å². The summed E-state index contributed by atoms with van der Waals surface area (Å²) in [4.78, 5) is 46.0. The molecule has 340 valence electrons. The molecule has 1 unspecified atom stereocenters. The van der Waals surface area contributed by atoms with Crippen LogP contribution in [-0.4, -0.2) is 66.2 Å². The van der Waals surface area contributed by atoms with Crippen LogP contribution in [0.5, 0.6) is 0 Å². The van der Waals surface area contributed by atoms with Crippen molar-refractivity contribution in [3.63, 3.8) is 0 Å². The van der Waals surface area contributed by atoms with E-state index in [1.165, 1.54) is 0 Å². The molecule has 0 spiro atoms. The summed E-state index contributed by atoms with van der Waals surface area (Å²) in [7, 11) is 0. The highest BCUT2D eigenvalue weighted by Crippen LogP contribution is 2.76. The third-order valence-electron chi connectivity index (χ3n) is 18.3. The molecule has 4 saturated carbocycles. The summed E-state index contributed by atoms with van der Waals surface area (Å²) >= 11 is 25.2. The van der Waals surface area contributed by atoms with Gasteiger partial charge in [0.25, 0.3) is 0 Å². The predicted octanol–water partition coefficient (Wildman–Crippen LogP) is 13.0. The van der Waals surface area contributed by atoms with Crippen LogP contribution in [0.15, 0.2) is 60.2 Å². The van der Waals surface area contributed by atoms with Crippen LogP contribution < -0.4 is 5.32 Å². The average molecular weight is 936 g/mol. The number of carbonyl (C=O) groups excluding carboxylic acids is 3. The van der Waals surface area contributed by atoms with Crippen molar-refractivity contribution in [1.29, 1.82) is 0 Å². The van der Waals surface area contributed by atoms with E-state index in [0.29, 0.717) is 70.6 Å². The zero-order valence-corrected chi connectivity index (χ0v) is 41.4. The molecule has 1 aliphatic heterocycles. The number of carbonyl (C=O) groups is 3. The Morgan fingerprint density at radius 3 is 2.00 bits per heavy atom. The maximum Gasteiger partial charge on any atom is 0.244 e. The van der Waals surface area contributed by atoms with Gasteiger partial charge >= 0.3 is 0 Å². The Morgan fingerprint density at radius 1 is 0.730 bits per heavy atom. The number of hydrogen-bond acceptors (Lipinski definition) is 4. The number of allylic oxidation sites excluding steroid dienone is 2. The minimum absolute atomic E-state index is 0.00919. The molecule has 0 bridgehead atoms. The van der Waals surface area contributed by atoms with Crippen molar-refractivity contribution in [3.05, 3.63) is 91.4 Å². The molecular weight excluding hydrogens is 868 g/mol. The third-order valence-corrected chi connectivity index (χ3v) is 19.9. The van der Waals surface area contributed by atoms with Gasteiger partial charge in [-0.05, 0) is 151 Å². The highest BCUT2D eigenvalue weighted by Gasteiger charge is 2.69. The smallest absolute Gasteiger partial charge is 0.244 e. The highest BCUT2D eigenvalue weighted by molar-refractivity contribution is 6.43. The molecule has 5 fully saturated rings. The number of halogens is 4. The molecule has 6 aliphatic rings. The van der Waals surface area contributed by atoms with E-state index in [1.54, 1.807) is 42.0 Å². The van der Waals surface area contributed by atoms with Crippen LogP contribution in [0, 0.1) is 50.2 Å². The van der Waals surface area contributed by atoms with E-state index in [9.17, 15) is 9.59 Å². The number of nitrogens with one attached hydrogen (secondary N) is 1. The summed E-state index contributed by atoms with van der Waals surface area (Å²) in [6, 6.07) is 10.9. The average Bonchev–Trinajstić information content (AvgIpc) is 3.23. The van der Waals surface area contributed by atoms with E-state index < -0.39 is 0 Å². The second kappa shape index (κ2) is 17.2. The summed E-state index contributed by atoms with van der Waals surface area (Å²) in [6.45, 7) is 20.4. The molecule has 6 nitrogen and oxygen atoms in total. The molecule has 1 heterocycles. The minimum Gasteiger partial charge on any atom is -0.349 e. The molecule has 10 heteroatoms. The second-order valence-electron chi connectivity index (χ2n) is 22.3. The van der Waals surface area contributed by atoms with Gasteiger partial charge in [-0.25, -0.2) is 0 Å². The maximum absolute atomic E-state index is 15.2. The molecule has 2 amide bonds. The van der Waals surface area contributed by atoms with Gasteiger partial charge in [0.05, 0.1) is 32.1 Å². The number of fused-ring (bicyclic) bond motifs is 7. The number of hydrogen-bond donors (Lipinski definition) is 1. The van der Waals surface area contributed by atoms with E-state index in [-0.39, 0.29) is 56.1 Å². The van der Waals surface area contributed by atoms with Crippen molar-refractivity contribution in [1.82, 2.24) is 15.1 Å². The van der Waals surface area contributed by atoms with E-state index >= 15 is 4.79 Å². The van der Waals surface area contributed by atoms with Crippen molar-refractivity contribution in [2.45, 2.75) is 119 Å². The number of piperazine rings is 1. The number of ketones is 1. The van der Waals surface area contributed by atoms with Gasteiger partial charge in [-0.2, -0.15) is 0 Å². The molecule has 8 rings (SSSR count). The summed E-state index contributed by atoms with van der Waals surface area (Å²) in [5, 5.41) is 5.26. The molecule has 1 saturated heterocycles. The fourth-order valence-electron chi connectivity index (χ4n) is 14.5. The Morgan fingerprint density at radius 2 is 1.35 bits per heavy atom. The van der Waals surface area contributed by atoms with Crippen LogP contribution in [0.1, 0.15) is 124 Å². The molecule has 2 aromatic carbocycles. The van der Waals surface area contributed by atoms with E-state index in [4.69, 9.17) is 46.4 Å². The molecule has 0 aromatic heterocycles. The van der Waals surface area contributed by atoms with Gasteiger partial charge in [0.1, 0.15) is 0 Å². The van der Waals surface area contributed by atoms with Gasteiger partial charge < -0.3 is 10.2 Å². The van der Waals surface area contributed by atoms with Crippen molar-refractivity contribution < 1.29 is 14.4 Å². The topological polar surface area (TPSA) is 69.7 Å². The van der Waals surface area contributed by atoms with Gasteiger partial charge in [0.2, 0.25) is 11.8 Å². The normalized spacial score (nSPS) is 35.0. The Bertz CT molecular complexity index is 2240. The largest absolute Gasteiger partial charge is 0.349 e. The molecule has 1 N–H and O–H groups in total. The fourth-order valence-corrected chi connectivity index (χ4v) is 15.2. The molecule has 2 aromatic rings. The maximum atomic E-state index is 15.2. The van der Waals surface area contributed by atoms with E-state index in [2.05, 4.69) is 69.7 Å². The molecular formula is C53H67Cl4N3O3. The Kier molecular flexibility index (Phi) is 12.8. The Hall–Kier alpha value is -2.61. The van der Waals surface area contributed by atoms with Crippen LogP contribution in [0.4, 0.5) is 0 Å². The van der Waals surface area contributed by atoms with Crippen LogP contribution >= 0.6 is 46.4 Å². The zero-order chi connectivity index (χ0) is 45.3. The van der Waals surface area contributed by atoms with Gasteiger partial charge in [0, 0.05) is 38.3 Å². The lowest BCUT2D eigenvalue weighted by Gasteiger charge is -2.71. The minimum atomic E-state index is -0.382. The Labute approximate surface area is 396 Å². The van der Waals surface area contributed by atoms with Gasteiger partial charge in [0.15, 0.2) is 5.78 Å². The van der Waals surface area contributed by atoms with Crippen molar-refractivity contribution in [2.75, 3.05) is 32.7 Å².